The summed E-state index contributed by atoms with van der Waals surface area (Å²) >= 11 is 1.67. The summed E-state index contributed by atoms with van der Waals surface area (Å²) in [6.07, 6.45) is 1.88. The molecule has 3 nitrogen and oxygen atoms in total. The third-order valence-corrected chi connectivity index (χ3v) is 3.48. The van der Waals surface area contributed by atoms with Crippen molar-refractivity contribution >= 4 is 11.3 Å². The average Bonchev–Trinajstić information content (AvgIpc) is 2.69. The van der Waals surface area contributed by atoms with Crippen LogP contribution in [-0.4, -0.2) is 4.98 Å². The van der Waals surface area contributed by atoms with Gasteiger partial charge in [-0.15, -0.1) is 11.3 Å². The average molecular weight is 233 g/mol. The zero-order valence-corrected chi connectivity index (χ0v) is 10.2. The molecule has 16 heavy (non-hydrogen) atoms. The van der Waals surface area contributed by atoms with Gasteiger partial charge < -0.3 is 0 Å². The minimum Gasteiger partial charge on any atom is -0.271 e. The van der Waals surface area contributed by atoms with Crippen molar-refractivity contribution in [3.63, 3.8) is 0 Å². The van der Waals surface area contributed by atoms with Crippen LogP contribution >= 0.6 is 11.3 Å². The number of hydrogen-bond donors (Lipinski definition) is 2. The summed E-state index contributed by atoms with van der Waals surface area (Å²) in [6, 6.07) is 8.40. The lowest BCUT2D eigenvalue weighted by Gasteiger charge is -2.14. The minimum atomic E-state index is 0.0341. The smallest absolute Gasteiger partial charge is 0.0897 e. The first-order chi connectivity index (χ1) is 7.70. The maximum atomic E-state index is 5.61. The van der Waals surface area contributed by atoms with E-state index in [1.54, 1.807) is 11.3 Å². The van der Waals surface area contributed by atoms with Crippen LogP contribution < -0.4 is 11.3 Å². The quantitative estimate of drug-likeness (QED) is 0.632. The molecule has 2 rings (SSSR count). The molecule has 1 heterocycles. The molecule has 84 valence electrons. The van der Waals surface area contributed by atoms with Gasteiger partial charge >= 0.3 is 0 Å². The number of nitrogens with zero attached hydrogens (tertiary/aromatic N) is 1. The normalized spacial score (nSPS) is 12.7. The molecular weight excluding hydrogens is 218 g/mol. The third-order valence-electron chi connectivity index (χ3n) is 2.50. The molecular formula is C12H15N3S. The maximum absolute atomic E-state index is 5.61. The highest BCUT2D eigenvalue weighted by atomic mass is 32.1. The van der Waals surface area contributed by atoms with E-state index in [1.165, 1.54) is 5.56 Å². The molecule has 1 aromatic heterocycles. The van der Waals surface area contributed by atoms with Gasteiger partial charge in [0.25, 0.3) is 0 Å². The topological polar surface area (TPSA) is 50.9 Å². The first kappa shape index (κ1) is 11.3. The van der Waals surface area contributed by atoms with E-state index in [-0.39, 0.29) is 6.04 Å². The van der Waals surface area contributed by atoms with Gasteiger partial charge in [-0.2, -0.15) is 0 Å². The van der Waals surface area contributed by atoms with Crippen LogP contribution in [0.15, 0.2) is 30.5 Å². The van der Waals surface area contributed by atoms with Crippen LogP contribution in [0, 0.1) is 13.8 Å². The van der Waals surface area contributed by atoms with E-state index in [0.29, 0.717) is 0 Å². The largest absolute Gasteiger partial charge is 0.271 e. The number of thiazole rings is 1. The van der Waals surface area contributed by atoms with Crippen molar-refractivity contribution < 1.29 is 0 Å². The minimum absolute atomic E-state index is 0.0341. The summed E-state index contributed by atoms with van der Waals surface area (Å²) in [5, 5.41) is 1.06. The Bertz CT molecular complexity index is 461. The molecule has 0 radical (unpaired) electrons. The summed E-state index contributed by atoms with van der Waals surface area (Å²) in [6.45, 7) is 4.07. The predicted octanol–water partition coefficient (Wildman–Crippen LogP) is 2.31. The van der Waals surface area contributed by atoms with Crippen LogP contribution in [0.4, 0.5) is 0 Å². The van der Waals surface area contributed by atoms with Gasteiger partial charge in [0.05, 0.1) is 11.0 Å². The lowest BCUT2D eigenvalue weighted by molar-refractivity contribution is 0.645. The Morgan fingerprint density at radius 1 is 1.25 bits per heavy atom. The standard InChI is InChI=1S/C12H15N3S/c1-8-3-5-10(6-4-8)12(15-13)11-7-14-9(2)16-11/h3-7,12,15H,13H2,1-2H3. The molecule has 2 aromatic rings. The van der Waals surface area contributed by atoms with Gasteiger partial charge in [-0.05, 0) is 19.4 Å². The zero-order valence-electron chi connectivity index (χ0n) is 9.40. The number of benzene rings is 1. The Kier molecular flexibility index (Phi) is 3.33. The molecule has 1 unspecified atom stereocenters. The second-order valence-corrected chi connectivity index (χ2v) is 5.06. The maximum Gasteiger partial charge on any atom is 0.0897 e. The van der Waals surface area contributed by atoms with E-state index in [0.717, 1.165) is 15.4 Å². The molecule has 0 aliphatic carbocycles. The van der Waals surface area contributed by atoms with Gasteiger partial charge in [0, 0.05) is 11.1 Å². The van der Waals surface area contributed by atoms with Crippen molar-refractivity contribution in [3.8, 4) is 0 Å². The molecule has 0 fully saturated rings. The van der Waals surface area contributed by atoms with Gasteiger partial charge in [0.1, 0.15) is 0 Å². The fraction of sp³-hybridized carbons (Fsp3) is 0.250. The first-order valence-electron chi connectivity index (χ1n) is 5.15. The molecule has 0 spiro atoms. The number of rotatable bonds is 3. The van der Waals surface area contributed by atoms with E-state index in [1.807, 2.05) is 13.1 Å². The fourth-order valence-corrected chi connectivity index (χ4v) is 2.49. The van der Waals surface area contributed by atoms with Crippen molar-refractivity contribution in [2.24, 2.45) is 5.84 Å². The lowest BCUT2D eigenvalue weighted by Crippen LogP contribution is -2.28. The van der Waals surface area contributed by atoms with Gasteiger partial charge in [-0.1, -0.05) is 29.8 Å². The van der Waals surface area contributed by atoms with Crippen molar-refractivity contribution in [3.05, 3.63) is 51.5 Å². The van der Waals surface area contributed by atoms with Crippen molar-refractivity contribution in [1.82, 2.24) is 10.4 Å². The van der Waals surface area contributed by atoms with E-state index < -0.39 is 0 Å². The molecule has 0 aliphatic heterocycles. The van der Waals surface area contributed by atoms with Crippen molar-refractivity contribution in [2.75, 3.05) is 0 Å². The number of aromatic nitrogens is 1. The van der Waals surface area contributed by atoms with Crippen LogP contribution in [-0.2, 0) is 0 Å². The Hall–Kier alpha value is -1.23. The van der Waals surface area contributed by atoms with E-state index in [9.17, 15) is 0 Å². The second kappa shape index (κ2) is 4.74. The molecule has 0 amide bonds. The molecule has 0 bridgehead atoms. The molecule has 1 atom stereocenters. The number of hydrazine groups is 1. The van der Waals surface area contributed by atoms with Crippen LogP contribution in [0.25, 0.3) is 0 Å². The van der Waals surface area contributed by atoms with Gasteiger partial charge in [-0.3, -0.25) is 5.84 Å². The third kappa shape index (κ3) is 2.29. The van der Waals surface area contributed by atoms with Crippen LogP contribution in [0.3, 0.4) is 0 Å². The van der Waals surface area contributed by atoms with Crippen molar-refractivity contribution in [1.29, 1.82) is 0 Å². The van der Waals surface area contributed by atoms with Crippen LogP contribution in [0.2, 0.25) is 0 Å². The summed E-state index contributed by atoms with van der Waals surface area (Å²) in [7, 11) is 0. The Labute approximate surface area is 99.3 Å². The van der Waals surface area contributed by atoms with Gasteiger partial charge in [-0.25, -0.2) is 10.4 Å². The first-order valence-corrected chi connectivity index (χ1v) is 5.97. The number of aryl methyl sites for hydroxylation is 2. The Morgan fingerprint density at radius 3 is 2.44 bits per heavy atom. The Morgan fingerprint density at radius 2 is 1.94 bits per heavy atom. The summed E-state index contributed by atoms with van der Waals surface area (Å²) < 4.78 is 0. The summed E-state index contributed by atoms with van der Waals surface area (Å²) in [4.78, 5) is 5.39. The fourth-order valence-electron chi connectivity index (χ4n) is 1.61. The van der Waals surface area contributed by atoms with E-state index >= 15 is 0 Å². The molecule has 4 heteroatoms. The Balaban J connectivity index is 2.32. The van der Waals surface area contributed by atoms with E-state index in [2.05, 4.69) is 41.6 Å². The van der Waals surface area contributed by atoms with E-state index in [4.69, 9.17) is 5.84 Å². The second-order valence-electron chi connectivity index (χ2n) is 3.79. The molecule has 1 aromatic carbocycles. The number of nitrogens with two attached hydrogens (primary N) is 1. The monoisotopic (exact) mass is 233 g/mol. The van der Waals surface area contributed by atoms with Gasteiger partial charge in [0.2, 0.25) is 0 Å². The van der Waals surface area contributed by atoms with Crippen LogP contribution in [0.5, 0.6) is 0 Å². The highest BCUT2D eigenvalue weighted by molar-refractivity contribution is 7.11. The zero-order chi connectivity index (χ0) is 11.5. The highest BCUT2D eigenvalue weighted by Gasteiger charge is 2.14. The number of hydrogen-bond acceptors (Lipinski definition) is 4. The van der Waals surface area contributed by atoms with Crippen LogP contribution in [0.1, 0.15) is 27.1 Å². The SMILES string of the molecule is Cc1ccc(C(NN)c2cnc(C)s2)cc1. The molecule has 3 N–H and O–H groups in total. The highest BCUT2D eigenvalue weighted by Crippen LogP contribution is 2.26. The molecule has 0 saturated heterocycles. The summed E-state index contributed by atoms with van der Waals surface area (Å²) in [5.74, 6) is 5.61. The van der Waals surface area contributed by atoms with Crippen molar-refractivity contribution in [2.45, 2.75) is 19.9 Å². The molecule has 0 aliphatic rings. The summed E-state index contributed by atoms with van der Waals surface area (Å²) in [5.41, 5.74) is 5.25. The molecule has 0 saturated carbocycles. The van der Waals surface area contributed by atoms with Gasteiger partial charge in [0.15, 0.2) is 0 Å². The predicted molar refractivity (Wildman–Crippen MR) is 67.2 cm³/mol. The number of nitrogens with one attached hydrogen (secondary N) is 1. The lowest BCUT2D eigenvalue weighted by atomic mass is 10.1.